The molecule has 4 aromatic rings. The van der Waals surface area contributed by atoms with Crippen LogP contribution in [-0.4, -0.2) is 44.5 Å². The van der Waals surface area contributed by atoms with Crippen LogP contribution in [0.15, 0.2) is 65.3 Å². The van der Waals surface area contributed by atoms with E-state index in [1.54, 1.807) is 6.20 Å². The van der Waals surface area contributed by atoms with Gasteiger partial charge in [0.05, 0.1) is 16.4 Å². The van der Waals surface area contributed by atoms with Gasteiger partial charge in [-0.15, -0.1) is 0 Å². The standard InChI is InChI=1S/C30H31BrClN5O/c31-25-19-33-37-28(18-27(35-29(25)37)24-8-4-5-9-26(24)32)34-23-14-16-36(17-15-23)30(38)22-12-10-21(11-13-22)20-6-2-1-3-7-20/h4-5,8-13,18-20,23,34H,1-3,6-7,14-17H2. The number of fused-ring (bicyclic) bond motifs is 1. The maximum Gasteiger partial charge on any atom is 0.253 e. The van der Waals surface area contributed by atoms with Crippen molar-refractivity contribution in [2.45, 2.75) is 56.9 Å². The van der Waals surface area contributed by atoms with Crippen LogP contribution in [0, 0.1) is 0 Å². The van der Waals surface area contributed by atoms with Gasteiger partial charge in [-0.2, -0.15) is 9.61 Å². The number of aromatic nitrogens is 3. The van der Waals surface area contributed by atoms with Gasteiger partial charge in [-0.25, -0.2) is 4.98 Å². The van der Waals surface area contributed by atoms with Gasteiger partial charge in [0.1, 0.15) is 5.82 Å². The highest BCUT2D eigenvalue weighted by atomic mass is 79.9. The summed E-state index contributed by atoms with van der Waals surface area (Å²) in [7, 11) is 0. The quantitative estimate of drug-likeness (QED) is 0.260. The van der Waals surface area contributed by atoms with Crippen LogP contribution in [0.5, 0.6) is 0 Å². The fraction of sp³-hybridized carbons (Fsp3) is 0.367. The van der Waals surface area contributed by atoms with E-state index >= 15 is 0 Å². The zero-order valence-corrected chi connectivity index (χ0v) is 23.6. The Morgan fingerprint density at radius 1 is 0.974 bits per heavy atom. The van der Waals surface area contributed by atoms with Gasteiger partial charge in [-0.3, -0.25) is 4.79 Å². The first-order valence-corrected chi connectivity index (χ1v) is 14.7. The van der Waals surface area contributed by atoms with Crippen molar-refractivity contribution in [3.63, 3.8) is 0 Å². The summed E-state index contributed by atoms with van der Waals surface area (Å²) >= 11 is 10.1. The molecule has 0 spiro atoms. The van der Waals surface area contributed by atoms with Gasteiger partial charge in [-0.05, 0) is 71.3 Å². The SMILES string of the molecule is O=C(c1ccc(C2CCCCC2)cc1)N1CCC(Nc2cc(-c3ccccc3Cl)nc3c(Br)cnn23)CC1. The Labute approximate surface area is 236 Å². The number of hydrogen-bond acceptors (Lipinski definition) is 4. The number of likely N-dealkylation sites (tertiary alicyclic amines) is 1. The molecular weight excluding hydrogens is 562 g/mol. The molecule has 6 nitrogen and oxygen atoms in total. The summed E-state index contributed by atoms with van der Waals surface area (Å²) in [4.78, 5) is 20.0. The Hall–Kier alpha value is -2.90. The second-order valence-corrected chi connectivity index (χ2v) is 11.7. The van der Waals surface area contributed by atoms with E-state index in [9.17, 15) is 4.79 Å². The maximum atomic E-state index is 13.2. The van der Waals surface area contributed by atoms with Crippen molar-refractivity contribution >= 4 is 44.9 Å². The second kappa shape index (κ2) is 11.1. The molecule has 38 heavy (non-hydrogen) atoms. The predicted octanol–water partition coefficient (Wildman–Crippen LogP) is 7.58. The van der Waals surface area contributed by atoms with Crippen molar-refractivity contribution in [1.82, 2.24) is 19.5 Å². The van der Waals surface area contributed by atoms with Gasteiger partial charge in [0.15, 0.2) is 5.65 Å². The average Bonchev–Trinajstić information content (AvgIpc) is 3.34. The normalized spacial score (nSPS) is 17.2. The topological polar surface area (TPSA) is 62.5 Å². The van der Waals surface area contributed by atoms with E-state index in [-0.39, 0.29) is 11.9 Å². The van der Waals surface area contributed by atoms with E-state index in [2.05, 4.69) is 38.5 Å². The number of rotatable bonds is 5. The van der Waals surface area contributed by atoms with Crippen molar-refractivity contribution in [3.05, 3.63) is 81.4 Å². The third kappa shape index (κ3) is 5.19. The smallest absolute Gasteiger partial charge is 0.253 e. The first kappa shape index (κ1) is 25.4. The first-order valence-electron chi connectivity index (χ1n) is 13.5. The molecule has 2 aliphatic rings. The first-order chi connectivity index (χ1) is 18.6. The largest absolute Gasteiger partial charge is 0.367 e. The summed E-state index contributed by atoms with van der Waals surface area (Å²) in [5, 5.41) is 8.84. The Morgan fingerprint density at radius 2 is 1.71 bits per heavy atom. The highest BCUT2D eigenvalue weighted by Crippen LogP contribution is 2.33. The Morgan fingerprint density at radius 3 is 2.45 bits per heavy atom. The van der Waals surface area contributed by atoms with Crippen LogP contribution in [-0.2, 0) is 0 Å². The molecule has 0 radical (unpaired) electrons. The molecule has 1 amide bonds. The van der Waals surface area contributed by atoms with Crippen LogP contribution in [0.4, 0.5) is 5.82 Å². The number of piperidine rings is 1. The fourth-order valence-corrected chi connectivity index (χ4v) is 6.38. The molecule has 0 unspecified atom stereocenters. The number of nitrogens with zero attached hydrogens (tertiary/aromatic N) is 4. The van der Waals surface area contributed by atoms with E-state index in [4.69, 9.17) is 16.6 Å². The monoisotopic (exact) mass is 591 g/mol. The minimum Gasteiger partial charge on any atom is -0.367 e. The lowest BCUT2D eigenvalue weighted by atomic mass is 9.84. The zero-order chi connectivity index (χ0) is 26.1. The molecule has 1 saturated carbocycles. The summed E-state index contributed by atoms with van der Waals surface area (Å²) < 4.78 is 2.64. The molecular formula is C30H31BrClN5O. The molecule has 1 saturated heterocycles. The molecule has 1 aliphatic carbocycles. The summed E-state index contributed by atoms with van der Waals surface area (Å²) in [6, 6.07) is 18.3. The molecule has 2 aromatic carbocycles. The molecule has 2 fully saturated rings. The van der Waals surface area contributed by atoms with Crippen molar-refractivity contribution in [2.75, 3.05) is 18.4 Å². The Balaban J connectivity index is 1.14. The van der Waals surface area contributed by atoms with E-state index in [0.29, 0.717) is 10.9 Å². The fourth-order valence-electron chi connectivity index (χ4n) is 5.80. The van der Waals surface area contributed by atoms with E-state index < -0.39 is 0 Å². The lowest BCUT2D eigenvalue weighted by molar-refractivity contribution is 0.0718. The number of carbonyl (C=O) groups is 1. The van der Waals surface area contributed by atoms with E-state index in [1.807, 2.05) is 51.9 Å². The Kier molecular flexibility index (Phi) is 7.39. The predicted molar refractivity (Wildman–Crippen MR) is 156 cm³/mol. The van der Waals surface area contributed by atoms with Crippen molar-refractivity contribution in [1.29, 1.82) is 0 Å². The summed E-state index contributed by atoms with van der Waals surface area (Å²) in [6.07, 6.45) is 10.0. The number of anilines is 1. The van der Waals surface area contributed by atoms with Gasteiger partial charge >= 0.3 is 0 Å². The van der Waals surface area contributed by atoms with Gasteiger partial charge in [-0.1, -0.05) is 61.2 Å². The van der Waals surface area contributed by atoms with Crippen molar-refractivity contribution in [2.24, 2.45) is 0 Å². The number of carbonyl (C=O) groups excluding carboxylic acids is 1. The minimum atomic E-state index is 0.127. The number of benzene rings is 2. The van der Waals surface area contributed by atoms with Crippen LogP contribution >= 0.6 is 27.5 Å². The zero-order valence-electron chi connectivity index (χ0n) is 21.2. The molecule has 1 aliphatic heterocycles. The van der Waals surface area contributed by atoms with Crippen LogP contribution in [0.3, 0.4) is 0 Å². The lowest BCUT2D eigenvalue weighted by Crippen LogP contribution is -2.42. The summed E-state index contributed by atoms with van der Waals surface area (Å²) in [6.45, 7) is 1.44. The van der Waals surface area contributed by atoms with E-state index in [1.165, 1.54) is 37.7 Å². The van der Waals surface area contributed by atoms with Gasteiger partial charge < -0.3 is 10.2 Å². The van der Waals surface area contributed by atoms with E-state index in [0.717, 1.165) is 58.7 Å². The summed E-state index contributed by atoms with van der Waals surface area (Å²) in [5.41, 5.74) is 4.57. The number of nitrogens with one attached hydrogen (secondary N) is 1. The third-order valence-electron chi connectivity index (χ3n) is 7.95. The highest BCUT2D eigenvalue weighted by Gasteiger charge is 2.25. The molecule has 0 bridgehead atoms. The lowest BCUT2D eigenvalue weighted by Gasteiger charge is -2.33. The second-order valence-electron chi connectivity index (χ2n) is 10.4. The third-order valence-corrected chi connectivity index (χ3v) is 8.84. The molecule has 3 heterocycles. The number of halogens is 2. The van der Waals surface area contributed by atoms with Crippen LogP contribution in [0.2, 0.25) is 5.02 Å². The average molecular weight is 593 g/mol. The minimum absolute atomic E-state index is 0.127. The van der Waals surface area contributed by atoms with Crippen LogP contribution in [0.1, 0.15) is 66.8 Å². The van der Waals surface area contributed by atoms with Crippen LogP contribution in [0.25, 0.3) is 16.9 Å². The van der Waals surface area contributed by atoms with Crippen molar-refractivity contribution < 1.29 is 4.79 Å². The van der Waals surface area contributed by atoms with Gasteiger partial charge in [0.2, 0.25) is 0 Å². The van der Waals surface area contributed by atoms with Crippen LogP contribution < -0.4 is 5.32 Å². The Bertz CT molecular complexity index is 1440. The van der Waals surface area contributed by atoms with Gasteiger partial charge in [0, 0.05) is 41.3 Å². The maximum absolute atomic E-state index is 13.2. The molecule has 8 heteroatoms. The number of hydrogen-bond donors (Lipinski definition) is 1. The van der Waals surface area contributed by atoms with Gasteiger partial charge in [0.25, 0.3) is 5.91 Å². The molecule has 0 atom stereocenters. The number of amides is 1. The molecule has 6 rings (SSSR count). The highest BCUT2D eigenvalue weighted by molar-refractivity contribution is 9.10. The molecule has 196 valence electrons. The molecule has 1 N–H and O–H groups in total. The molecule has 2 aromatic heterocycles. The summed E-state index contributed by atoms with van der Waals surface area (Å²) in [5.74, 6) is 1.64. The van der Waals surface area contributed by atoms with Crippen molar-refractivity contribution in [3.8, 4) is 11.3 Å².